The SMILES string of the molecule is COc1ccc2nc(C(C)Cl)n(Cc3ncon3)c2c1. The first kappa shape index (κ1) is 12.9. The number of rotatable bonds is 4. The standard InChI is InChI=1S/C13H13ClN4O2/c1-8(14)13-16-10-4-3-9(19-2)5-11(10)18(13)6-12-15-7-20-17-12/h3-5,7-8H,6H2,1-2H3. The Labute approximate surface area is 120 Å². The zero-order chi connectivity index (χ0) is 14.1. The van der Waals surface area contributed by atoms with Crippen molar-refractivity contribution in [3.05, 3.63) is 36.2 Å². The molecule has 3 rings (SSSR count). The summed E-state index contributed by atoms with van der Waals surface area (Å²) in [5.41, 5.74) is 1.79. The largest absolute Gasteiger partial charge is 0.497 e. The molecule has 0 saturated carbocycles. The molecule has 6 nitrogen and oxygen atoms in total. The molecule has 2 heterocycles. The third kappa shape index (κ3) is 2.22. The molecule has 1 unspecified atom stereocenters. The normalized spacial score (nSPS) is 12.8. The fourth-order valence-electron chi connectivity index (χ4n) is 2.12. The van der Waals surface area contributed by atoms with Gasteiger partial charge in [0, 0.05) is 6.07 Å². The lowest BCUT2D eigenvalue weighted by Gasteiger charge is -2.08. The van der Waals surface area contributed by atoms with Gasteiger partial charge >= 0.3 is 0 Å². The van der Waals surface area contributed by atoms with Crippen molar-refractivity contribution < 1.29 is 9.26 Å². The predicted octanol–water partition coefficient (Wildman–Crippen LogP) is 2.78. The van der Waals surface area contributed by atoms with Gasteiger partial charge in [-0.1, -0.05) is 5.16 Å². The summed E-state index contributed by atoms with van der Waals surface area (Å²) >= 11 is 6.21. The van der Waals surface area contributed by atoms with Crippen molar-refractivity contribution in [3.8, 4) is 5.75 Å². The molecule has 1 atom stereocenters. The summed E-state index contributed by atoms with van der Waals surface area (Å²) in [6, 6.07) is 5.70. The second-order valence-electron chi connectivity index (χ2n) is 4.37. The van der Waals surface area contributed by atoms with Gasteiger partial charge in [0.15, 0.2) is 5.82 Å². The molecule has 0 amide bonds. The van der Waals surface area contributed by atoms with E-state index in [-0.39, 0.29) is 5.38 Å². The molecule has 0 spiro atoms. The summed E-state index contributed by atoms with van der Waals surface area (Å²) in [6.07, 6.45) is 1.30. The highest BCUT2D eigenvalue weighted by molar-refractivity contribution is 6.20. The molecule has 2 aromatic heterocycles. The van der Waals surface area contributed by atoms with Crippen LogP contribution in [0.1, 0.15) is 23.9 Å². The maximum Gasteiger partial charge on any atom is 0.213 e. The highest BCUT2D eigenvalue weighted by atomic mass is 35.5. The topological polar surface area (TPSA) is 66.0 Å². The van der Waals surface area contributed by atoms with Crippen LogP contribution in [0.25, 0.3) is 11.0 Å². The molecule has 0 radical (unpaired) electrons. The molecule has 3 aromatic rings. The Bertz CT molecular complexity index is 721. The maximum atomic E-state index is 6.21. The van der Waals surface area contributed by atoms with Crippen LogP contribution in [-0.4, -0.2) is 26.8 Å². The minimum atomic E-state index is -0.222. The molecule has 0 saturated heterocycles. The van der Waals surface area contributed by atoms with Gasteiger partial charge < -0.3 is 13.8 Å². The molecule has 7 heteroatoms. The van der Waals surface area contributed by atoms with Gasteiger partial charge in [0.25, 0.3) is 0 Å². The first-order chi connectivity index (χ1) is 9.69. The number of alkyl halides is 1. The van der Waals surface area contributed by atoms with Crippen molar-refractivity contribution in [3.63, 3.8) is 0 Å². The average Bonchev–Trinajstić information content (AvgIpc) is 3.07. The molecular weight excluding hydrogens is 280 g/mol. The van der Waals surface area contributed by atoms with Gasteiger partial charge in [0.05, 0.1) is 30.1 Å². The van der Waals surface area contributed by atoms with Crippen molar-refractivity contribution in [2.24, 2.45) is 0 Å². The molecule has 0 bridgehead atoms. The Morgan fingerprint density at radius 3 is 2.95 bits per heavy atom. The van der Waals surface area contributed by atoms with Crippen molar-refractivity contribution in [1.29, 1.82) is 0 Å². The van der Waals surface area contributed by atoms with Gasteiger partial charge in [-0.3, -0.25) is 0 Å². The number of hydrogen-bond donors (Lipinski definition) is 0. The second-order valence-corrected chi connectivity index (χ2v) is 5.03. The van der Waals surface area contributed by atoms with E-state index in [9.17, 15) is 0 Å². The molecular formula is C13H13ClN4O2. The van der Waals surface area contributed by atoms with E-state index in [4.69, 9.17) is 20.9 Å². The van der Waals surface area contributed by atoms with Crippen LogP contribution in [-0.2, 0) is 6.54 Å². The van der Waals surface area contributed by atoms with Gasteiger partial charge in [-0.2, -0.15) is 4.98 Å². The lowest BCUT2D eigenvalue weighted by Crippen LogP contribution is -2.07. The molecule has 1 aromatic carbocycles. The fraction of sp³-hybridized carbons (Fsp3) is 0.308. The van der Waals surface area contributed by atoms with E-state index in [0.29, 0.717) is 12.4 Å². The lowest BCUT2D eigenvalue weighted by molar-refractivity contribution is 0.408. The molecule has 0 fully saturated rings. The third-order valence-electron chi connectivity index (χ3n) is 3.05. The average molecular weight is 293 g/mol. The quantitative estimate of drug-likeness (QED) is 0.692. The number of nitrogens with zero attached hydrogens (tertiary/aromatic N) is 4. The minimum absolute atomic E-state index is 0.222. The molecule has 0 aliphatic rings. The minimum Gasteiger partial charge on any atom is -0.497 e. The summed E-state index contributed by atoms with van der Waals surface area (Å²) in [5, 5.41) is 3.61. The van der Waals surface area contributed by atoms with E-state index in [1.54, 1.807) is 7.11 Å². The van der Waals surface area contributed by atoms with Crippen LogP contribution in [0.5, 0.6) is 5.75 Å². The fourth-order valence-corrected chi connectivity index (χ4v) is 2.29. The van der Waals surface area contributed by atoms with Crippen molar-refractivity contribution in [2.75, 3.05) is 7.11 Å². The van der Waals surface area contributed by atoms with Crippen LogP contribution in [0, 0.1) is 0 Å². The number of hydrogen-bond acceptors (Lipinski definition) is 5. The zero-order valence-corrected chi connectivity index (χ0v) is 11.8. The highest BCUT2D eigenvalue weighted by Crippen LogP contribution is 2.27. The van der Waals surface area contributed by atoms with Crippen molar-refractivity contribution in [1.82, 2.24) is 19.7 Å². The molecule has 0 aliphatic heterocycles. The van der Waals surface area contributed by atoms with Crippen LogP contribution >= 0.6 is 11.6 Å². The number of fused-ring (bicyclic) bond motifs is 1. The number of methoxy groups -OCH3 is 1. The van der Waals surface area contributed by atoms with Crippen molar-refractivity contribution in [2.45, 2.75) is 18.8 Å². The van der Waals surface area contributed by atoms with Gasteiger partial charge in [0.2, 0.25) is 6.39 Å². The Morgan fingerprint density at radius 1 is 1.45 bits per heavy atom. The molecule has 20 heavy (non-hydrogen) atoms. The van der Waals surface area contributed by atoms with Gasteiger partial charge in [-0.05, 0) is 19.1 Å². The number of halogens is 1. The zero-order valence-electron chi connectivity index (χ0n) is 11.1. The van der Waals surface area contributed by atoms with Crippen LogP contribution in [0.4, 0.5) is 0 Å². The Balaban J connectivity index is 2.16. The first-order valence-electron chi connectivity index (χ1n) is 6.12. The van der Waals surface area contributed by atoms with E-state index in [1.165, 1.54) is 6.39 Å². The number of aromatic nitrogens is 4. The summed E-state index contributed by atoms with van der Waals surface area (Å²) < 4.78 is 12.0. The van der Waals surface area contributed by atoms with E-state index in [1.807, 2.05) is 29.7 Å². The highest BCUT2D eigenvalue weighted by Gasteiger charge is 2.17. The first-order valence-corrected chi connectivity index (χ1v) is 6.56. The Kier molecular flexibility index (Phi) is 3.31. The van der Waals surface area contributed by atoms with Gasteiger partial charge in [0.1, 0.15) is 11.6 Å². The van der Waals surface area contributed by atoms with Gasteiger partial charge in [-0.25, -0.2) is 4.98 Å². The van der Waals surface area contributed by atoms with E-state index in [0.717, 1.165) is 22.6 Å². The summed E-state index contributed by atoms with van der Waals surface area (Å²) in [7, 11) is 1.63. The van der Waals surface area contributed by atoms with E-state index in [2.05, 4.69) is 15.1 Å². The lowest BCUT2D eigenvalue weighted by atomic mass is 10.3. The van der Waals surface area contributed by atoms with Crippen LogP contribution in [0.2, 0.25) is 0 Å². The Morgan fingerprint density at radius 2 is 2.30 bits per heavy atom. The monoisotopic (exact) mass is 292 g/mol. The van der Waals surface area contributed by atoms with Crippen LogP contribution < -0.4 is 4.74 Å². The Hall–Kier alpha value is -2.08. The maximum absolute atomic E-state index is 6.21. The third-order valence-corrected chi connectivity index (χ3v) is 3.24. The van der Waals surface area contributed by atoms with Crippen LogP contribution in [0.15, 0.2) is 29.1 Å². The van der Waals surface area contributed by atoms with Crippen LogP contribution in [0.3, 0.4) is 0 Å². The van der Waals surface area contributed by atoms with Gasteiger partial charge in [-0.15, -0.1) is 11.6 Å². The van der Waals surface area contributed by atoms with E-state index >= 15 is 0 Å². The summed E-state index contributed by atoms with van der Waals surface area (Å²) in [6.45, 7) is 2.33. The molecule has 0 N–H and O–H groups in total. The molecule has 104 valence electrons. The molecule has 0 aliphatic carbocycles. The second kappa shape index (κ2) is 5.13. The number of imidazole rings is 1. The number of ether oxygens (including phenoxy) is 1. The number of benzene rings is 1. The van der Waals surface area contributed by atoms with E-state index < -0.39 is 0 Å². The predicted molar refractivity (Wildman–Crippen MR) is 74.0 cm³/mol. The smallest absolute Gasteiger partial charge is 0.213 e. The van der Waals surface area contributed by atoms with Crippen molar-refractivity contribution >= 4 is 22.6 Å². The summed E-state index contributed by atoms with van der Waals surface area (Å²) in [4.78, 5) is 8.60. The summed E-state index contributed by atoms with van der Waals surface area (Å²) in [5.74, 6) is 2.10.